The first-order valence-electron chi connectivity index (χ1n) is 5.54. The van der Waals surface area contributed by atoms with Crippen molar-refractivity contribution in [3.63, 3.8) is 0 Å². The average molecular weight is 235 g/mol. The number of rotatable bonds is 3. The van der Waals surface area contributed by atoms with Gasteiger partial charge in [-0.2, -0.15) is 0 Å². The van der Waals surface area contributed by atoms with Crippen LogP contribution in [0, 0.1) is 13.8 Å². The van der Waals surface area contributed by atoms with Crippen molar-refractivity contribution in [2.24, 2.45) is 5.73 Å². The second-order valence-electron chi connectivity index (χ2n) is 4.60. The first-order valence-corrected chi connectivity index (χ1v) is 5.54. The fourth-order valence-corrected chi connectivity index (χ4v) is 2.42. The van der Waals surface area contributed by atoms with E-state index < -0.39 is 5.41 Å². The normalized spacial score (nSPS) is 17.4. The lowest BCUT2D eigenvalue weighted by molar-refractivity contribution is -0.142. The molecule has 2 N–H and O–H groups in total. The molecule has 1 saturated heterocycles. The van der Waals surface area contributed by atoms with E-state index in [1.54, 1.807) is 7.11 Å². The zero-order valence-electron chi connectivity index (χ0n) is 10.4. The van der Waals surface area contributed by atoms with Crippen LogP contribution in [0.3, 0.4) is 0 Å². The van der Waals surface area contributed by atoms with Crippen molar-refractivity contribution in [1.29, 1.82) is 0 Å². The molecule has 0 aliphatic carbocycles. The first kappa shape index (κ1) is 11.9. The summed E-state index contributed by atoms with van der Waals surface area (Å²) in [5.41, 5.74) is 7.78. The molecule has 1 heterocycles. The van der Waals surface area contributed by atoms with Crippen LogP contribution in [0.4, 0.5) is 0 Å². The van der Waals surface area contributed by atoms with Gasteiger partial charge in [-0.05, 0) is 31.0 Å². The molecular formula is C13H17NO3. The fraction of sp³-hybridized carbons (Fsp3) is 0.462. The lowest BCUT2D eigenvalue weighted by Gasteiger charge is -2.40. The van der Waals surface area contributed by atoms with E-state index in [4.69, 9.17) is 15.2 Å². The first-order chi connectivity index (χ1) is 8.01. The Morgan fingerprint density at radius 2 is 2.06 bits per heavy atom. The molecule has 92 valence electrons. The van der Waals surface area contributed by atoms with Gasteiger partial charge in [0.1, 0.15) is 11.2 Å². The molecule has 0 spiro atoms. The number of amides is 1. The lowest BCUT2D eigenvalue weighted by atomic mass is 9.75. The quantitative estimate of drug-likeness (QED) is 0.852. The number of hydrogen-bond donors (Lipinski definition) is 1. The molecule has 1 aromatic carbocycles. The Kier molecular flexibility index (Phi) is 2.83. The number of benzene rings is 1. The van der Waals surface area contributed by atoms with Gasteiger partial charge in [-0.1, -0.05) is 6.07 Å². The Morgan fingerprint density at radius 1 is 1.41 bits per heavy atom. The second kappa shape index (κ2) is 4.04. The number of hydrogen-bond acceptors (Lipinski definition) is 3. The van der Waals surface area contributed by atoms with Crippen LogP contribution in [0.25, 0.3) is 0 Å². The van der Waals surface area contributed by atoms with Crippen molar-refractivity contribution in [2.45, 2.75) is 19.3 Å². The molecule has 1 aliphatic heterocycles. The van der Waals surface area contributed by atoms with Crippen LogP contribution in [-0.4, -0.2) is 26.2 Å². The maximum atomic E-state index is 11.7. The number of nitrogens with two attached hydrogens (primary N) is 1. The van der Waals surface area contributed by atoms with Gasteiger partial charge in [0, 0.05) is 5.56 Å². The highest BCUT2D eigenvalue weighted by atomic mass is 16.5. The SMILES string of the molecule is COc1cc(C)cc(C)c1C1(C(N)=O)COC1. The van der Waals surface area contributed by atoms with Gasteiger partial charge in [-0.15, -0.1) is 0 Å². The number of carbonyl (C=O) groups is 1. The Bertz CT molecular complexity index is 464. The largest absolute Gasteiger partial charge is 0.496 e. The van der Waals surface area contributed by atoms with Crippen LogP contribution in [0.15, 0.2) is 12.1 Å². The molecule has 4 nitrogen and oxygen atoms in total. The van der Waals surface area contributed by atoms with Crippen molar-refractivity contribution < 1.29 is 14.3 Å². The standard InChI is InChI=1S/C13H17NO3/c1-8-4-9(2)11(10(5-8)16-3)13(12(14)15)6-17-7-13/h4-5H,6-7H2,1-3H3,(H2,14,15). The van der Waals surface area contributed by atoms with E-state index in [0.29, 0.717) is 19.0 Å². The van der Waals surface area contributed by atoms with Gasteiger partial charge in [0.2, 0.25) is 5.91 Å². The molecule has 1 fully saturated rings. The van der Waals surface area contributed by atoms with E-state index in [2.05, 4.69) is 0 Å². The van der Waals surface area contributed by atoms with Crippen LogP contribution in [0.2, 0.25) is 0 Å². The monoisotopic (exact) mass is 235 g/mol. The molecular weight excluding hydrogens is 218 g/mol. The van der Waals surface area contributed by atoms with Gasteiger partial charge in [-0.25, -0.2) is 0 Å². The summed E-state index contributed by atoms with van der Waals surface area (Å²) < 4.78 is 10.6. The Balaban J connectivity index is 2.61. The Labute approximate surface area is 101 Å². The molecule has 1 aromatic rings. The van der Waals surface area contributed by atoms with Crippen molar-refractivity contribution in [1.82, 2.24) is 0 Å². The second-order valence-corrected chi connectivity index (χ2v) is 4.60. The smallest absolute Gasteiger partial charge is 0.232 e. The minimum atomic E-state index is -0.719. The van der Waals surface area contributed by atoms with Crippen LogP contribution >= 0.6 is 0 Å². The molecule has 0 saturated carbocycles. The minimum absolute atomic E-state index is 0.336. The van der Waals surface area contributed by atoms with Crippen LogP contribution in [0.1, 0.15) is 16.7 Å². The van der Waals surface area contributed by atoms with E-state index in [-0.39, 0.29) is 5.91 Å². The van der Waals surface area contributed by atoms with E-state index in [1.165, 1.54) is 0 Å². The highest BCUT2D eigenvalue weighted by molar-refractivity contribution is 5.89. The number of aryl methyl sites for hydroxylation is 2. The van der Waals surface area contributed by atoms with E-state index >= 15 is 0 Å². The molecule has 0 radical (unpaired) electrons. The summed E-state index contributed by atoms with van der Waals surface area (Å²) in [6, 6.07) is 3.95. The van der Waals surface area contributed by atoms with Gasteiger partial charge < -0.3 is 15.2 Å². The summed E-state index contributed by atoms with van der Waals surface area (Å²) in [5, 5.41) is 0. The van der Waals surface area contributed by atoms with Gasteiger partial charge in [0.25, 0.3) is 0 Å². The van der Waals surface area contributed by atoms with Gasteiger partial charge in [0.15, 0.2) is 0 Å². The zero-order chi connectivity index (χ0) is 12.6. The third-order valence-electron chi connectivity index (χ3n) is 3.31. The third kappa shape index (κ3) is 1.69. The summed E-state index contributed by atoms with van der Waals surface area (Å²) in [5.74, 6) is 0.360. The molecule has 17 heavy (non-hydrogen) atoms. The number of primary amides is 1. The number of carbonyl (C=O) groups excluding carboxylic acids is 1. The summed E-state index contributed by atoms with van der Waals surface area (Å²) in [4.78, 5) is 11.7. The maximum absolute atomic E-state index is 11.7. The average Bonchev–Trinajstić information content (AvgIpc) is 2.18. The molecule has 1 amide bonds. The highest BCUT2D eigenvalue weighted by Gasteiger charge is 2.48. The van der Waals surface area contributed by atoms with Crippen molar-refractivity contribution in [3.8, 4) is 5.75 Å². The zero-order valence-corrected chi connectivity index (χ0v) is 10.4. The molecule has 0 aromatic heterocycles. The van der Waals surface area contributed by atoms with Crippen LogP contribution in [-0.2, 0) is 14.9 Å². The fourth-order valence-electron chi connectivity index (χ4n) is 2.42. The Hall–Kier alpha value is -1.55. The third-order valence-corrected chi connectivity index (χ3v) is 3.31. The van der Waals surface area contributed by atoms with E-state index in [1.807, 2.05) is 26.0 Å². The van der Waals surface area contributed by atoms with Crippen LogP contribution < -0.4 is 10.5 Å². The molecule has 0 atom stereocenters. The van der Waals surface area contributed by atoms with E-state index in [9.17, 15) is 4.79 Å². The molecule has 4 heteroatoms. The molecule has 2 rings (SSSR count). The number of methoxy groups -OCH3 is 1. The predicted octanol–water partition coefficient (Wildman–Crippen LogP) is 1.07. The maximum Gasteiger partial charge on any atom is 0.232 e. The molecule has 1 aliphatic rings. The van der Waals surface area contributed by atoms with Gasteiger partial charge >= 0.3 is 0 Å². The topological polar surface area (TPSA) is 61.5 Å². The Morgan fingerprint density at radius 3 is 2.47 bits per heavy atom. The minimum Gasteiger partial charge on any atom is -0.496 e. The lowest BCUT2D eigenvalue weighted by Crippen LogP contribution is -2.56. The highest BCUT2D eigenvalue weighted by Crippen LogP contribution is 2.40. The summed E-state index contributed by atoms with van der Waals surface area (Å²) in [6.45, 7) is 4.63. The summed E-state index contributed by atoms with van der Waals surface area (Å²) in [7, 11) is 1.60. The van der Waals surface area contributed by atoms with E-state index in [0.717, 1.165) is 16.7 Å². The summed E-state index contributed by atoms with van der Waals surface area (Å²) in [6.07, 6.45) is 0. The predicted molar refractivity (Wildman–Crippen MR) is 64.2 cm³/mol. The molecule has 0 unspecified atom stereocenters. The van der Waals surface area contributed by atoms with Crippen LogP contribution in [0.5, 0.6) is 5.75 Å². The van der Waals surface area contributed by atoms with Gasteiger partial charge in [-0.3, -0.25) is 4.79 Å². The van der Waals surface area contributed by atoms with Crippen molar-refractivity contribution >= 4 is 5.91 Å². The van der Waals surface area contributed by atoms with Crippen molar-refractivity contribution in [3.05, 3.63) is 28.8 Å². The molecule has 0 bridgehead atoms. The van der Waals surface area contributed by atoms with Gasteiger partial charge in [0.05, 0.1) is 20.3 Å². The summed E-state index contributed by atoms with van der Waals surface area (Å²) >= 11 is 0. The van der Waals surface area contributed by atoms with Crippen molar-refractivity contribution in [2.75, 3.05) is 20.3 Å². The number of ether oxygens (including phenoxy) is 2.